The third kappa shape index (κ3) is 3.21. The summed E-state index contributed by atoms with van der Waals surface area (Å²) in [5, 5.41) is 0. The van der Waals surface area contributed by atoms with Crippen molar-refractivity contribution in [2.75, 3.05) is 0 Å². The highest BCUT2D eigenvalue weighted by atomic mass is 15.2. The largest absolute Gasteiger partial charge is 0.294 e. The molecule has 0 fully saturated rings. The van der Waals surface area contributed by atoms with Crippen LogP contribution in [-0.4, -0.2) is 4.57 Å². The summed E-state index contributed by atoms with van der Waals surface area (Å²) in [6.07, 6.45) is 4.45. The number of nitrogens with zero attached hydrogens (tertiary/aromatic N) is 2. The average molecular weight is 348 g/mol. The summed E-state index contributed by atoms with van der Waals surface area (Å²) < 4.78 is 4.76. The van der Waals surface area contributed by atoms with E-state index in [9.17, 15) is 0 Å². The molecule has 2 aromatic carbocycles. The average Bonchev–Trinajstić information content (AvgIpc) is 3.04. The first kappa shape index (κ1) is 18.4. The Bertz CT molecular complexity index is 874. The second kappa shape index (κ2) is 7.49. The molecule has 0 saturated carbocycles. The van der Waals surface area contributed by atoms with Crippen LogP contribution in [0.5, 0.6) is 0 Å². The Balaban J connectivity index is 2.37. The van der Waals surface area contributed by atoms with Crippen LogP contribution < -0.4 is 4.57 Å². The molecule has 0 spiro atoms. The Morgan fingerprint density at radius 2 is 1.50 bits per heavy atom. The molecule has 3 aromatic rings. The van der Waals surface area contributed by atoms with Crippen LogP contribution in [0, 0.1) is 6.92 Å². The van der Waals surface area contributed by atoms with Gasteiger partial charge in [-0.1, -0.05) is 64.1 Å². The fourth-order valence-corrected chi connectivity index (χ4v) is 3.76. The molecule has 0 unspecified atom stereocenters. The number of imidazole rings is 1. The Morgan fingerprint density at radius 3 is 2.04 bits per heavy atom. The van der Waals surface area contributed by atoms with E-state index in [1.54, 1.807) is 0 Å². The van der Waals surface area contributed by atoms with Crippen LogP contribution in [0.3, 0.4) is 0 Å². The van der Waals surface area contributed by atoms with E-state index in [0.29, 0.717) is 11.8 Å². The monoisotopic (exact) mass is 347 g/mol. The van der Waals surface area contributed by atoms with E-state index >= 15 is 0 Å². The lowest BCUT2D eigenvalue weighted by atomic mass is 9.92. The molecule has 0 amide bonds. The van der Waals surface area contributed by atoms with E-state index in [-0.39, 0.29) is 0 Å². The molecule has 0 aliphatic rings. The first-order chi connectivity index (χ1) is 12.5. The topological polar surface area (TPSA) is 8.81 Å². The number of benzene rings is 2. The van der Waals surface area contributed by atoms with Crippen LogP contribution >= 0.6 is 0 Å². The van der Waals surface area contributed by atoms with E-state index in [4.69, 9.17) is 0 Å². The number of aromatic nitrogens is 2. The van der Waals surface area contributed by atoms with Crippen LogP contribution in [0.1, 0.15) is 63.1 Å². The van der Waals surface area contributed by atoms with Gasteiger partial charge in [-0.05, 0) is 37.3 Å². The Kier molecular flexibility index (Phi) is 5.31. The van der Waals surface area contributed by atoms with Gasteiger partial charge in [0.05, 0.1) is 12.1 Å². The molecule has 1 heterocycles. The SMILES string of the molecule is CC[n+]1ccn(-c2c(C(C)C)cccc2C(C)C)c1-c1ccccc1C. The van der Waals surface area contributed by atoms with Crippen molar-refractivity contribution < 1.29 is 4.57 Å². The second-order valence-electron chi connectivity index (χ2n) is 7.69. The maximum absolute atomic E-state index is 2.41. The molecule has 2 nitrogen and oxygen atoms in total. The number of rotatable bonds is 5. The predicted molar refractivity (Wildman–Crippen MR) is 110 cm³/mol. The van der Waals surface area contributed by atoms with Gasteiger partial charge in [-0.15, -0.1) is 0 Å². The van der Waals surface area contributed by atoms with Gasteiger partial charge < -0.3 is 0 Å². The summed E-state index contributed by atoms with van der Waals surface area (Å²) in [5.74, 6) is 2.22. The van der Waals surface area contributed by atoms with Gasteiger partial charge in [-0.3, -0.25) is 0 Å². The molecule has 0 saturated heterocycles. The van der Waals surface area contributed by atoms with Gasteiger partial charge in [0.15, 0.2) is 0 Å². The Hall–Kier alpha value is -2.35. The van der Waals surface area contributed by atoms with Gasteiger partial charge in [0, 0.05) is 11.1 Å². The molecule has 2 heteroatoms. The molecule has 0 bridgehead atoms. The molecule has 0 radical (unpaired) electrons. The van der Waals surface area contributed by atoms with Gasteiger partial charge >= 0.3 is 0 Å². The van der Waals surface area contributed by atoms with Crippen LogP contribution in [0.2, 0.25) is 0 Å². The van der Waals surface area contributed by atoms with Crippen molar-refractivity contribution in [1.29, 1.82) is 0 Å². The summed E-state index contributed by atoms with van der Waals surface area (Å²) in [6.45, 7) is 14.5. The van der Waals surface area contributed by atoms with Crippen molar-refractivity contribution in [1.82, 2.24) is 4.57 Å². The lowest BCUT2D eigenvalue weighted by molar-refractivity contribution is -0.681. The van der Waals surface area contributed by atoms with Crippen LogP contribution in [0.4, 0.5) is 0 Å². The molecule has 0 N–H and O–H groups in total. The maximum Gasteiger partial charge on any atom is 0.294 e. The van der Waals surface area contributed by atoms with E-state index in [1.807, 2.05) is 0 Å². The van der Waals surface area contributed by atoms with Gasteiger partial charge in [-0.2, -0.15) is 4.57 Å². The normalized spacial score (nSPS) is 11.5. The first-order valence-corrected chi connectivity index (χ1v) is 9.75. The van der Waals surface area contributed by atoms with Crippen LogP contribution in [0.25, 0.3) is 17.1 Å². The zero-order valence-corrected chi connectivity index (χ0v) is 17.0. The van der Waals surface area contributed by atoms with Gasteiger partial charge in [0.2, 0.25) is 0 Å². The van der Waals surface area contributed by atoms with Crippen molar-refractivity contribution in [2.45, 2.75) is 59.9 Å². The molecule has 3 rings (SSSR count). The Labute approximate surface area is 158 Å². The zero-order chi connectivity index (χ0) is 18.8. The highest BCUT2D eigenvalue weighted by Crippen LogP contribution is 2.34. The molecule has 0 aliphatic carbocycles. The van der Waals surface area contributed by atoms with Crippen molar-refractivity contribution in [3.05, 3.63) is 71.5 Å². The number of hydrogen-bond donors (Lipinski definition) is 0. The van der Waals surface area contributed by atoms with Gasteiger partial charge in [-0.25, -0.2) is 4.57 Å². The third-order valence-corrected chi connectivity index (χ3v) is 5.21. The molecule has 0 atom stereocenters. The second-order valence-corrected chi connectivity index (χ2v) is 7.69. The predicted octanol–water partition coefficient (Wildman–Crippen LogP) is 6.01. The fourth-order valence-electron chi connectivity index (χ4n) is 3.76. The van der Waals surface area contributed by atoms with E-state index in [1.165, 1.54) is 33.8 Å². The number of aryl methyl sites for hydroxylation is 2. The van der Waals surface area contributed by atoms with Crippen molar-refractivity contribution in [3.63, 3.8) is 0 Å². The number of para-hydroxylation sites is 1. The molecule has 0 aliphatic heterocycles. The third-order valence-electron chi connectivity index (χ3n) is 5.21. The highest BCUT2D eigenvalue weighted by molar-refractivity contribution is 5.63. The lowest BCUT2D eigenvalue weighted by Crippen LogP contribution is -2.33. The van der Waals surface area contributed by atoms with Gasteiger partial charge in [0.1, 0.15) is 18.1 Å². The minimum atomic E-state index is 0.478. The van der Waals surface area contributed by atoms with Gasteiger partial charge in [0.25, 0.3) is 5.82 Å². The van der Waals surface area contributed by atoms with Crippen molar-refractivity contribution in [3.8, 4) is 17.1 Å². The molecule has 136 valence electrons. The standard InChI is InChI=1S/C24H31N2/c1-7-25-15-16-26(24(25)22-12-9-8-11-19(22)6)23-20(17(2)3)13-10-14-21(23)18(4)5/h8-18H,7H2,1-6H3/q+1. The molecule has 26 heavy (non-hydrogen) atoms. The van der Waals surface area contributed by atoms with E-state index in [0.717, 1.165) is 6.54 Å². The minimum absolute atomic E-state index is 0.478. The molecule has 1 aromatic heterocycles. The smallest absolute Gasteiger partial charge is 0.230 e. The molecular formula is C24H31N2+. The summed E-state index contributed by atoms with van der Waals surface area (Å²) in [7, 11) is 0. The lowest BCUT2D eigenvalue weighted by Gasteiger charge is -2.18. The fraction of sp³-hybridized carbons (Fsp3) is 0.375. The van der Waals surface area contributed by atoms with Crippen LogP contribution in [0.15, 0.2) is 54.9 Å². The molecular weight excluding hydrogens is 316 g/mol. The number of hydrogen-bond acceptors (Lipinski definition) is 0. The van der Waals surface area contributed by atoms with E-state index < -0.39 is 0 Å². The van der Waals surface area contributed by atoms with Crippen molar-refractivity contribution in [2.24, 2.45) is 0 Å². The maximum atomic E-state index is 2.41. The van der Waals surface area contributed by atoms with Crippen LogP contribution in [-0.2, 0) is 6.54 Å². The first-order valence-electron chi connectivity index (χ1n) is 9.75. The van der Waals surface area contributed by atoms with Crippen molar-refractivity contribution >= 4 is 0 Å². The summed E-state index contributed by atoms with van der Waals surface area (Å²) >= 11 is 0. The summed E-state index contributed by atoms with van der Waals surface area (Å²) in [6, 6.07) is 15.5. The quantitative estimate of drug-likeness (QED) is 0.500. The van der Waals surface area contributed by atoms with E-state index in [2.05, 4.69) is 106 Å². The summed E-state index contributed by atoms with van der Waals surface area (Å²) in [5.41, 5.74) is 6.77. The Morgan fingerprint density at radius 1 is 0.885 bits per heavy atom. The minimum Gasteiger partial charge on any atom is -0.230 e. The summed E-state index contributed by atoms with van der Waals surface area (Å²) in [4.78, 5) is 0. The highest BCUT2D eigenvalue weighted by Gasteiger charge is 2.26. The zero-order valence-electron chi connectivity index (χ0n) is 17.0.